The van der Waals surface area contributed by atoms with E-state index in [2.05, 4.69) is 52.2 Å². The first-order valence-electron chi connectivity index (χ1n) is 26.5. The molecule has 28 heteroatoms. The van der Waals surface area contributed by atoms with Crippen LogP contribution in [0.5, 0.6) is 5.75 Å². The zero-order chi connectivity index (χ0) is 61.1. The normalized spacial score (nSPS) is 13.5. The molecule has 83 heavy (non-hydrogen) atoms. The molecule has 0 unspecified atom stereocenters. The van der Waals surface area contributed by atoms with E-state index in [-0.39, 0.29) is 59.1 Å². The molecule has 3 aromatic heterocycles. The average Bonchev–Trinajstić information content (AvgIpc) is 4.39. The van der Waals surface area contributed by atoms with E-state index in [1.54, 1.807) is 63.2 Å². The molecular formula is C55H70N12O13S3. The number of ether oxygens (including phenoxy) is 1. The van der Waals surface area contributed by atoms with E-state index in [9.17, 15) is 58.2 Å². The van der Waals surface area contributed by atoms with Crippen LogP contribution in [-0.4, -0.2) is 128 Å². The molecule has 5 aromatic rings. The van der Waals surface area contributed by atoms with Crippen LogP contribution in [0, 0.1) is 17.8 Å². The number of aromatic nitrogens is 3. The lowest BCUT2D eigenvalue weighted by Gasteiger charge is -2.28. The molecular weight excluding hydrogens is 1130 g/mol. The molecule has 5 rings (SSSR count). The summed E-state index contributed by atoms with van der Waals surface area (Å²) < 4.78 is 5.01. The number of nitrogens with one attached hydrogen (secondary N) is 7. The van der Waals surface area contributed by atoms with Crippen molar-refractivity contribution >= 4 is 93.1 Å². The SMILES string of the molecule is CCOC(=O)c1csc([C@H](CC(=O)O)NC(=O)[C@@H](Cc2ccc(O)cc2)NC(=O)c2csc([C@H](CC(C)C)NC(=O)c3csc([C@H](C(=O)[C@H](Cc4ccccc4)NC(=O)[C@@H](NC(=O)CNC(=O)CNC(=O)C(N)N)C(C)C)C(C)C)n3)n2)n1. The van der Waals surface area contributed by atoms with Gasteiger partial charge in [0.1, 0.15) is 50.4 Å². The average molecular weight is 1200 g/mol. The number of carbonyl (C=O) groups excluding carboxylic acids is 9. The van der Waals surface area contributed by atoms with Crippen molar-refractivity contribution in [1.82, 2.24) is 52.2 Å². The van der Waals surface area contributed by atoms with Gasteiger partial charge in [-0.05, 0) is 60.8 Å². The number of esters is 1. The van der Waals surface area contributed by atoms with Gasteiger partial charge < -0.3 is 63.6 Å². The molecule has 0 saturated carbocycles. The highest BCUT2D eigenvalue weighted by atomic mass is 32.1. The van der Waals surface area contributed by atoms with Gasteiger partial charge in [-0.1, -0.05) is 84.0 Å². The predicted octanol–water partition coefficient (Wildman–Crippen LogP) is 2.78. The second-order valence-electron chi connectivity index (χ2n) is 20.3. The van der Waals surface area contributed by atoms with E-state index in [1.807, 2.05) is 27.7 Å². The number of hydrogen-bond donors (Lipinski definition) is 11. The van der Waals surface area contributed by atoms with Gasteiger partial charge >= 0.3 is 11.9 Å². The first-order valence-corrected chi connectivity index (χ1v) is 29.2. The fourth-order valence-electron chi connectivity index (χ4n) is 8.29. The van der Waals surface area contributed by atoms with Gasteiger partial charge in [-0.2, -0.15) is 0 Å². The van der Waals surface area contributed by atoms with Crippen LogP contribution in [0.2, 0.25) is 0 Å². The van der Waals surface area contributed by atoms with Crippen LogP contribution in [0.4, 0.5) is 0 Å². The van der Waals surface area contributed by atoms with Crippen molar-refractivity contribution in [2.24, 2.45) is 29.2 Å². The minimum atomic E-state index is -1.34. The number of rotatable bonds is 31. The third-order valence-corrected chi connectivity index (χ3v) is 15.3. The van der Waals surface area contributed by atoms with Crippen molar-refractivity contribution in [2.45, 2.75) is 116 Å². The molecule has 2 aromatic carbocycles. The van der Waals surface area contributed by atoms with Crippen molar-refractivity contribution in [1.29, 1.82) is 0 Å². The van der Waals surface area contributed by atoms with Crippen LogP contribution >= 0.6 is 34.0 Å². The van der Waals surface area contributed by atoms with E-state index in [0.29, 0.717) is 22.0 Å². The maximum Gasteiger partial charge on any atom is 0.357 e. The van der Waals surface area contributed by atoms with Crippen molar-refractivity contribution in [3.05, 3.63) is 114 Å². The lowest BCUT2D eigenvalue weighted by atomic mass is 9.86. The van der Waals surface area contributed by atoms with Gasteiger partial charge in [0.2, 0.25) is 23.6 Å². The van der Waals surface area contributed by atoms with Crippen LogP contribution in [0.25, 0.3) is 0 Å². The summed E-state index contributed by atoms with van der Waals surface area (Å²) in [4.78, 5) is 146. The molecule has 0 saturated heterocycles. The summed E-state index contributed by atoms with van der Waals surface area (Å²) in [5.41, 5.74) is 11.7. The van der Waals surface area contributed by atoms with Gasteiger partial charge in [-0.25, -0.2) is 19.7 Å². The Hall–Kier alpha value is -8.05. The molecule has 13 N–H and O–H groups in total. The standard InChI is InChI=1S/C55H70N12O13S3/c1-8-80-55(79)39-26-82-53(66-39)36(21-42(71)72)63-47(74)34(20-31-14-16-32(68)17-15-31)61-48(75)37-24-81-52(64-37)35(18-27(2)3)62-49(76)38-25-83-54(65-38)43(28(4)5)45(73)33(19-30-12-10-9-11-13-30)60-50(77)44(29(6)7)67-41(70)23-58-40(69)22-59-51(78)46(56)57/h9-17,24-29,33-36,43-44,46,68H,8,18-23,56-57H2,1-7H3,(H,58,69)(H,59,78)(H,60,77)(H,61,75)(H,62,76)(H,63,74)(H,67,70)(H,71,72)/t33-,34+,35-,36-,43-,44-/m0/s1. The number of ketones is 1. The minimum absolute atomic E-state index is 0.00233. The highest BCUT2D eigenvalue weighted by Gasteiger charge is 2.37. The fraction of sp³-hybridized carbons (Fsp3) is 0.436. The molecule has 0 fully saturated rings. The summed E-state index contributed by atoms with van der Waals surface area (Å²) in [5.74, 6) is -9.24. The highest BCUT2D eigenvalue weighted by molar-refractivity contribution is 7.10. The smallest absolute Gasteiger partial charge is 0.357 e. The number of carbonyl (C=O) groups is 10. The van der Waals surface area contributed by atoms with E-state index in [0.717, 1.165) is 39.6 Å². The molecule has 0 radical (unpaired) electrons. The molecule has 0 bridgehead atoms. The molecule has 7 amide bonds. The Bertz CT molecular complexity index is 3070. The number of Topliss-reactive ketones (excluding diaryl/α,β-unsaturated/α-hetero) is 1. The van der Waals surface area contributed by atoms with Crippen molar-refractivity contribution in [3.63, 3.8) is 0 Å². The summed E-state index contributed by atoms with van der Waals surface area (Å²) in [5, 5.41) is 43.2. The Morgan fingerprint density at radius 2 is 1.14 bits per heavy atom. The molecule has 0 aliphatic rings. The molecule has 3 heterocycles. The fourth-order valence-corrected chi connectivity index (χ4v) is 11.1. The number of aliphatic carboxylic acids is 1. The van der Waals surface area contributed by atoms with Gasteiger partial charge in [0.25, 0.3) is 17.7 Å². The van der Waals surface area contributed by atoms with E-state index in [4.69, 9.17) is 16.2 Å². The highest BCUT2D eigenvalue weighted by Crippen LogP contribution is 2.32. The number of aromatic hydroxyl groups is 1. The number of benzene rings is 2. The third kappa shape index (κ3) is 20.1. The van der Waals surface area contributed by atoms with Gasteiger partial charge in [-0.3, -0.25) is 43.2 Å². The molecule has 446 valence electrons. The van der Waals surface area contributed by atoms with Gasteiger partial charge in [0.05, 0.1) is 50.2 Å². The summed E-state index contributed by atoms with van der Waals surface area (Å²) in [7, 11) is 0. The van der Waals surface area contributed by atoms with Gasteiger partial charge in [-0.15, -0.1) is 34.0 Å². The van der Waals surface area contributed by atoms with Crippen LogP contribution in [0.3, 0.4) is 0 Å². The molecule has 0 aliphatic heterocycles. The first-order chi connectivity index (χ1) is 39.3. The van der Waals surface area contributed by atoms with Crippen LogP contribution in [0.1, 0.15) is 137 Å². The van der Waals surface area contributed by atoms with Crippen LogP contribution in [0.15, 0.2) is 70.7 Å². The lowest BCUT2D eigenvalue weighted by molar-refractivity contribution is -0.138. The maximum atomic E-state index is 14.8. The summed E-state index contributed by atoms with van der Waals surface area (Å²) in [6.45, 7) is 11.5. The Balaban J connectivity index is 1.33. The minimum Gasteiger partial charge on any atom is -0.508 e. The third-order valence-electron chi connectivity index (χ3n) is 12.4. The maximum absolute atomic E-state index is 14.8. The van der Waals surface area contributed by atoms with Crippen LogP contribution < -0.4 is 48.7 Å². The van der Waals surface area contributed by atoms with Gasteiger partial charge in [0, 0.05) is 22.6 Å². The molecule has 0 spiro atoms. The largest absolute Gasteiger partial charge is 0.508 e. The second kappa shape index (κ2) is 31.4. The quantitative estimate of drug-likeness (QED) is 0.0224. The summed E-state index contributed by atoms with van der Waals surface area (Å²) in [6.07, 6.45) is -1.62. The molecule has 0 aliphatic carbocycles. The van der Waals surface area contributed by atoms with E-state index < -0.39 is 127 Å². The summed E-state index contributed by atoms with van der Waals surface area (Å²) >= 11 is 3.12. The Kier molecular flexibility index (Phi) is 24.9. The van der Waals surface area contributed by atoms with Crippen LogP contribution in [-0.2, 0) is 51.1 Å². The van der Waals surface area contributed by atoms with Crippen molar-refractivity contribution in [3.8, 4) is 5.75 Å². The second-order valence-corrected chi connectivity index (χ2v) is 23.0. The number of thiazole rings is 3. The zero-order valence-electron chi connectivity index (χ0n) is 46.8. The topological polar surface area (TPSA) is 395 Å². The number of carboxylic acids is 1. The van der Waals surface area contributed by atoms with Crippen molar-refractivity contribution in [2.75, 3.05) is 19.7 Å². The number of phenols is 1. The first kappa shape index (κ1) is 65.8. The Labute approximate surface area is 490 Å². The number of hydrogen-bond acceptors (Lipinski definition) is 20. The number of nitrogens with zero attached hydrogens (tertiary/aromatic N) is 3. The van der Waals surface area contributed by atoms with E-state index in [1.165, 1.54) is 28.3 Å². The lowest BCUT2D eigenvalue weighted by Crippen LogP contribution is -2.56. The number of nitrogens with two attached hydrogens (primary N) is 2. The Morgan fingerprint density at radius 3 is 1.73 bits per heavy atom. The number of carboxylic acid groups (broad SMARTS) is 1. The zero-order valence-corrected chi connectivity index (χ0v) is 49.2. The monoisotopic (exact) mass is 1200 g/mol. The molecule has 6 atom stereocenters. The predicted molar refractivity (Wildman–Crippen MR) is 308 cm³/mol. The van der Waals surface area contributed by atoms with Gasteiger partial charge in [0.15, 0.2) is 11.5 Å². The van der Waals surface area contributed by atoms with E-state index >= 15 is 0 Å². The Morgan fingerprint density at radius 1 is 0.590 bits per heavy atom. The number of amides is 7. The van der Waals surface area contributed by atoms with Crippen molar-refractivity contribution < 1.29 is 62.9 Å². The summed E-state index contributed by atoms with van der Waals surface area (Å²) in [6, 6.07) is 9.35. The molecule has 25 nitrogen and oxygen atoms in total. The number of phenolic OH excluding ortho intramolecular Hbond substituents is 1.